The molecule has 2 unspecified atom stereocenters. The predicted molar refractivity (Wildman–Crippen MR) is 94.2 cm³/mol. The summed E-state index contributed by atoms with van der Waals surface area (Å²) in [6.45, 7) is -1.06. The molecule has 4 nitrogen and oxygen atoms in total. The van der Waals surface area contributed by atoms with Gasteiger partial charge in [0.2, 0.25) is 0 Å². The molecule has 1 N–H and O–H groups in total. The standard InChI is InChI=1S/C19H19F15O4/c1-2-37-7-38-14(18(29,30)31,19(32,33)34)9-5-3-4-8(6-9)10(11(13(35)36)15(20,21)22)12(16(23,24)25)17(26,27)28/h8-9,12H,2-7H2,1H3,(H,35,36). The van der Waals surface area contributed by atoms with Gasteiger partial charge in [-0.15, -0.1) is 0 Å². The zero-order chi connectivity index (χ0) is 30.1. The van der Waals surface area contributed by atoms with Crippen molar-refractivity contribution >= 4 is 5.97 Å². The second-order valence-electron chi connectivity index (χ2n) is 8.20. The quantitative estimate of drug-likeness (QED) is 0.138. The van der Waals surface area contributed by atoms with Crippen molar-refractivity contribution in [3.05, 3.63) is 11.1 Å². The Hall–Kier alpha value is -1.92. The van der Waals surface area contributed by atoms with Crippen LogP contribution < -0.4 is 0 Å². The van der Waals surface area contributed by atoms with Crippen LogP contribution in [0, 0.1) is 17.8 Å². The Kier molecular flexibility index (Phi) is 10.1. The molecule has 1 rings (SSSR count). The van der Waals surface area contributed by atoms with E-state index in [1.165, 1.54) is 0 Å². The second-order valence-corrected chi connectivity index (χ2v) is 8.20. The summed E-state index contributed by atoms with van der Waals surface area (Å²) in [5.74, 6) is -14.5. The highest BCUT2D eigenvalue weighted by Crippen LogP contribution is 2.58. The van der Waals surface area contributed by atoms with E-state index in [-0.39, 0.29) is 0 Å². The minimum absolute atomic E-state index is 0.488. The first-order chi connectivity index (χ1) is 16.8. The van der Waals surface area contributed by atoms with Crippen LogP contribution in [0.3, 0.4) is 0 Å². The second kappa shape index (κ2) is 11.3. The Bertz CT molecular complexity index is 821. The number of ether oxygens (including phenoxy) is 2. The van der Waals surface area contributed by atoms with Gasteiger partial charge in [0.1, 0.15) is 12.4 Å². The van der Waals surface area contributed by atoms with Crippen LogP contribution in [0.25, 0.3) is 0 Å². The van der Waals surface area contributed by atoms with E-state index in [0.29, 0.717) is 0 Å². The van der Waals surface area contributed by atoms with E-state index in [4.69, 9.17) is 5.11 Å². The van der Waals surface area contributed by atoms with Gasteiger partial charge in [0.05, 0.1) is 0 Å². The number of hydrogen-bond acceptors (Lipinski definition) is 3. The van der Waals surface area contributed by atoms with Crippen molar-refractivity contribution in [3.8, 4) is 0 Å². The first kappa shape index (κ1) is 34.1. The molecular weight excluding hydrogens is 577 g/mol. The zero-order valence-electron chi connectivity index (χ0n) is 18.8. The van der Waals surface area contributed by atoms with Crippen LogP contribution in [0.4, 0.5) is 65.9 Å². The molecule has 19 heteroatoms. The van der Waals surface area contributed by atoms with Gasteiger partial charge < -0.3 is 14.6 Å². The fraction of sp³-hybridized carbons (Fsp3) is 0.842. The number of carbonyl (C=O) groups is 1. The smallest absolute Gasteiger partial charge is 0.426 e. The number of allylic oxidation sites excluding steroid dienone is 1. The lowest BCUT2D eigenvalue weighted by Gasteiger charge is -2.46. The van der Waals surface area contributed by atoms with Gasteiger partial charge in [-0.3, -0.25) is 0 Å². The van der Waals surface area contributed by atoms with Crippen LogP contribution in [0.2, 0.25) is 0 Å². The van der Waals surface area contributed by atoms with Crippen molar-refractivity contribution in [1.82, 2.24) is 0 Å². The molecule has 2 atom stereocenters. The van der Waals surface area contributed by atoms with Gasteiger partial charge >= 0.3 is 36.9 Å². The normalized spacial score (nSPS) is 21.5. The summed E-state index contributed by atoms with van der Waals surface area (Å²) in [6, 6.07) is 0. The van der Waals surface area contributed by atoms with E-state index in [0.717, 1.165) is 6.92 Å². The molecule has 1 saturated carbocycles. The third-order valence-corrected chi connectivity index (χ3v) is 5.86. The fourth-order valence-corrected chi connectivity index (χ4v) is 4.50. The number of carboxylic acid groups (broad SMARTS) is 1. The molecular formula is C19H19F15O4. The lowest BCUT2D eigenvalue weighted by molar-refractivity contribution is -0.411. The first-order valence-electron chi connectivity index (χ1n) is 10.4. The molecule has 0 aromatic heterocycles. The largest absolute Gasteiger partial charge is 0.478 e. The van der Waals surface area contributed by atoms with Crippen molar-refractivity contribution in [3.63, 3.8) is 0 Å². The summed E-state index contributed by atoms with van der Waals surface area (Å²) in [6.07, 6.45) is -38.0. The van der Waals surface area contributed by atoms with Crippen LogP contribution in [0.1, 0.15) is 32.6 Å². The molecule has 1 aliphatic carbocycles. The maximum absolute atomic E-state index is 13.9. The average Bonchev–Trinajstić information content (AvgIpc) is 2.65. The number of rotatable bonds is 8. The van der Waals surface area contributed by atoms with Gasteiger partial charge in [0.15, 0.2) is 5.92 Å². The Morgan fingerprint density at radius 1 is 0.842 bits per heavy atom. The van der Waals surface area contributed by atoms with Crippen LogP contribution in [-0.2, 0) is 14.3 Å². The Labute approximate surface area is 203 Å². The molecule has 0 saturated heterocycles. The summed E-state index contributed by atoms with van der Waals surface area (Å²) < 4.78 is 213. The molecule has 0 amide bonds. The highest BCUT2D eigenvalue weighted by atomic mass is 19.4. The third kappa shape index (κ3) is 7.18. The lowest BCUT2D eigenvalue weighted by Crippen LogP contribution is -2.64. The fourth-order valence-electron chi connectivity index (χ4n) is 4.50. The van der Waals surface area contributed by atoms with Gasteiger partial charge in [-0.25, -0.2) is 4.79 Å². The molecule has 1 fully saturated rings. The Morgan fingerprint density at radius 2 is 1.32 bits per heavy atom. The van der Waals surface area contributed by atoms with Crippen LogP contribution in [0.15, 0.2) is 11.1 Å². The molecule has 0 aromatic rings. The Morgan fingerprint density at radius 3 is 1.66 bits per heavy atom. The first-order valence-corrected chi connectivity index (χ1v) is 10.4. The van der Waals surface area contributed by atoms with Gasteiger partial charge in [0, 0.05) is 12.5 Å². The highest BCUT2D eigenvalue weighted by Gasteiger charge is 2.76. The number of carboxylic acids is 1. The topological polar surface area (TPSA) is 55.8 Å². The lowest BCUT2D eigenvalue weighted by atomic mass is 9.67. The maximum atomic E-state index is 13.9. The summed E-state index contributed by atoms with van der Waals surface area (Å²) in [7, 11) is 0. The number of hydrogen-bond donors (Lipinski definition) is 1. The van der Waals surface area contributed by atoms with Gasteiger partial charge in [-0.1, -0.05) is 6.42 Å². The van der Waals surface area contributed by atoms with Crippen LogP contribution in [0.5, 0.6) is 0 Å². The molecule has 0 radical (unpaired) electrons. The van der Waals surface area contributed by atoms with Gasteiger partial charge in [-0.05, 0) is 37.7 Å². The minimum Gasteiger partial charge on any atom is -0.478 e. The number of halogens is 15. The van der Waals surface area contributed by atoms with E-state index in [2.05, 4.69) is 9.47 Å². The average molecular weight is 596 g/mol. The third-order valence-electron chi connectivity index (χ3n) is 5.86. The molecule has 0 spiro atoms. The van der Waals surface area contributed by atoms with Crippen molar-refractivity contribution < 1.29 is 85.2 Å². The SMILES string of the molecule is CCOCOC(C1CCCC(C(=C(C(=O)O)C(F)(F)F)C(C(F)(F)F)C(F)(F)F)C1)(C(F)(F)F)C(F)(F)F. The van der Waals surface area contributed by atoms with E-state index in [1.807, 2.05) is 0 Å². The zero-order valence-corrected chi connectivity index (χ0v) is 18.8. The van der Waals surface area contributed by atoms with Crippen molar-refractivity contribution in [2.24, 2.45) is 17.8 Å². The number of aliphatic carboxylic acids is 1. The highest BCUT2D eigenvalue weighted by molar-refractivity contribution is 5.89. The van der Waals surface area contributed by atoms with Gasteiger partial charge in [-0.2, -0.15) is 65.9 Å². The van der Waals surface area contributed by atoms with Crippen molar-refractivity contribution in [2.45, 2.75) is 69.1 Å². The summed E-state index contributed by atoms with van der Waals surface area (Å²) in [5, 5.41) is 8.90. The molecule has 0 aliphatic heterocycles. The monoisotopic (exact) mass is 596 g/mol. The predicted octanol–water partition coefficient (Wildman–Crippen LogP) is 7.35. The molecule has 0 heterocycles. The summed E-state index contributed by atoms with van der Waals surface area (Å²) >= 11 is 0. The Balaban J connectivity index is 3.97. The maximum Gasteiger partial charge on any atom is 0.426 e. The molecule has 38 heavy (non-hydrogen) atoms. The molecule has 1 aliphatic rings. The van der Waals surface area contributed by atoms with Crippen molar-refractivity contribution in [2.75, 3.05) is 13.4 Å². The molecule has 0 bridgehead atoms. The van der Waals surface area contributed by atoms with Crippen LogP contribution in [-0.4, -0.2) is 61.0 Å². The number of alkyl halides is 15. The molecule has 224 valence electrons. The summed E-state index contributed by atoms with van der Waals surface area (Å²) in [4.78, 5) is 11.2. The van der Waals surface area contributed by atoms with Crippen molar-refractivity contribution in [1.29, 1.82) is 0 Å². The van der Waals surface area contributed by atoms with E-state index in [1.54, 1.807) is 0 Å². The van der Waals surface area contributed by atoms with Crippen LogP contribution >= 0.6 is 0 Å². The van der Waals surface area contributed by atoms with Gasteiger partial charge in [0.25, 0.3) is 5.60 Å². The molecule has 0 aromatic carbocycles. The van der Waals surface area contributed by atoms with E-state index >= 15 is 0 Å². The summed E-state index contributed by atoms with van der Waals surface area (Å²) in [5.41, 5.74) is -11.6. The minimum atomic E-state index is -6.65. The van der Waals surface area contributed by atoms with E-state index < -0.39 is 110 Å². The van der Waals surface area contributed by atoms with E-state index in [9.17, 15) is 70.7 Å².